The average Bonchev–Trinajstić information content (AvgIpc) is 3.15. The quantitative estimate of drug-likeness (QED) is 0.880. The fraction of sp³-hybridized carbons (Fsp3) is 0.438. The van der Waals surface area contributed by atoms with E-state index in [0.29, 0.717) is 18.2 Å². The number of ether oxygens (including phenoxy) is 1. The molecule has 1 aliphatic heterocycles. The van der Waals surface area contributed by atoms with Crippen LogP contribution in [0.3, 0.4) is 0 Å². The van der Waals surface area contributed by atoms with E-state index in [4.69, 9.17) is 4.74 Å². The molecule has 1 saturated heterocycles. The summed E-state index contributed by atoms with van der Waals surface area (Å²) in [5.74, 6) is -0.0600. The lowest BCUT2D eigenvalue weighted by atomic mass is 10.2. The van der Waals surface area contributed by atoms with Crippen molar-refractivity contribution in [3.05, 3.63) is 42.5 Å². The highest BCUT2D eigenvalue weighted by Gasteiger charge is 2.17. The van der Waals surface area contributed by atoms with Gasteiger partial charge in [-0.1, -0.05) is 0 Å². The van der Waals surface area contributed by atoms with Gasteiger partial charge in [-0.05, 0) is 31.2 Å². The molecule has 1 aromatic carbocycles. The number of nitrogens with zero attached hydrogens (tertiary/aromatic N) is 4. The Morgan fingerprint density at radius 3 is 2.70 bits per heavy atom. The van der Waals surface area contributed by atoms with Gasteiger partial charge in [-0.15, -0.1) is 0 Å². The molecule has 23 heavy (non-hydrogen) atoms. The molecule has 0 radical (unpaired) electrons. The summed E-state index contributed by atoms with van der Waals surface area (Å²) in [4.78, 5) is 18.5. The van der Waals surface area contributed by atoms with E-state index < -0.39 is 0 Å². The number of carbonyl (C=O) groups is 1. The van der Waals surface area contributed by atoms with Crippen molar-refractivity contribution in [3.8, 4) is 5.69 Å². The van der Waals surface area contributed by atoms with Crippen LogP contribution in [0.2, 0.25) is 0 Å². The number of nitrogens with one attached hydrogen (secondary N) is 1. The van der Waals surface area contributed by atoms with Crippen LogP contribution in [0.1, 0.15) is 17.3 Å². The second-order valence-corrected chi connectivity index (χ2v) is 5.59. The van der Waals surface area contributed by atoms with Gasteiger partial charge in [0, 0.05) is 31.2 Å². The summed E-state index contributed by atoms with van der Waals surface area (Å²) in [6.45, 7) is 6.13. The van der Waals surface area contributed by atoms with Crippen LogP contribution in [0, 0.1) is 0 Å². The summed E-state index contributed by atoms with van der Waals surface area (Å²) in [7, 11) is 0. The van der Waals surface area contributed by atoms with Gasteiger partial charge >= 0.3 is 0 Å². The molecule has 0 bridgehead atoms. The molecule has 1 fully saturated rings. The molecule has 3 rings (SSSR count). The van der Waals surface area contributed by atoms with Crippen molar-refractivity contribution in [2.75, 3.05) is 32.8 Å². The SMILES string of the molecule is CC(CNC(=O)c1ccc(-n2cncn2)cc1)N1CCOCC1. The normalized spacial score (nSPS) is 16.9. The molecule has 7 nitrogen and oxygen atoms in total. The fourth-order valence-electron chi connectivity index (χ4n) is 2.60. The minimum Gasteiger partial charge on any atom is -0.379 e. The summed E-state index contributed by atoms with van der Waals surface area (Å²) in [5.41, 5.74) is 1.52. The van der Waals surface area contributed by atoms with Crippen LogP contribution >= 0.6 is 0 Å². The second kappa shape index (κ2) is 7.34. The van der Waals surface area contributed by atoms with E-state index in [0.717, 1.165) is 32.0 Å². The van der Waals surface area contributed by atoms with E-state index in [2.05, 4.69) is 27.2 Å². The van der Waals surface area contributed by atoms with Crippen molar-refractivity contribution in [2.45, 2.75) is 13.0 Å². The van der Waals surface area contributed by atoms with Gasteiger partial charge in [0.25, 0.3) is 5.91 Å². The molecule has 1 aliphatic rings. The molecule has 122 valence electrons. The number of amides is 1. The highest BCUT2D eigenvalue weighted by molar-refractivity contribution is 5.94. The van der Waals surface area contributed by atoms with E-state index in [-0.39, 0.29) is 5.91 Å². The number of rotatable bonds is 5. The summed E-state index contributed by atoms with van der Waals surface area (Å²) in [5, 5.41) is 7.06. The maximum atomic E-state index is 12.2. The van der Waals surface area contributed by atoms with Crippen LogP contribution in [-0.4, -0.2) is 64.5 Å². The number of aromatic nitrogens is 3. The van der Waals surface area contributed by atoms with Gasteiger partial charge in [-0.25, -0.2) is 9.67 Å². The van der Waals surface area contributed by atoms with Gasteiger partial charge in [0.05, 0.1) is 18.9 Å². The fourth-order valence-corrected chi connectivity index (χ4v) is 2.60. The smallest absolute Gasteiger partial charge is 0.251 e. The van der Waals surface area contributed by atoms with E-state index in [1.807, 2.05) is 12.1 Å². The standard InChI is InChI=1S/C16H21N5O2/c1-13(20-6-8-23-9-7-20)10-18-16(22)14-2-4-15(5-3-14)21-12-17-11-19-21/h2-5,11-13H,6-10H2,1H3,(H,18,22). The van der Waals surface area contributed by atoms with Crippen molar-refractivity contribution < 1.29 is 9.53 Å². The third-order valence-corrected chi connectivity index (χ3v) is 4.04. The second-order valence-electron chi connectivity index (χ2n) is 5.59. The molecule has 2 heterocycles. The Bertz CT molecular complexity index is 620. The molecular formula is C16H21N5O2. The van der Waals surface area contributed by atoms with E-state index in [1.165, 1.54) is 6.33 Å². The molecule has 0 aliphatic carbocycles. The molecule has 1 unspecified atom stereocenters. The Kier molecular flexibility index (Phi) is 4.99. The molecule has 0 spiro atoms. The van der Waals surface area contributed by atoms with E-state index in [9.17, 15) is 4.79 Å². The largest absolute Gasteiger partial charge is 0.379 e. The lowest BCUT2D eigenvalue weighted by molar-refractivity contribution is 0.0204. The number of hydrogen-bond donors (Lipinski definition) is 1. The van der Waals surface area contributed by atoms with E-state index in [1.54, 1.807) is 23.1 Å². The molecular weight excluding hydrogens is 294 g/mol. The monoisotopic (exact) mass is 315 g/mol. The predicted molar refractivity (Wildman–Crippen MR) is 85.5 cm³/mol. The predicted octanol–water partition coefficient (Wildman–Crippen LogP) is 0.718. The highest BCUT2D eigenvalue weighted by atomic mass is 16.5. The lowest BCUT2D eigenvalue weighted by Crippen LogP contribution is -2.47. The summed E-state index contributed by atoms with van der Waals surface area (Å²) in [6.07, 6.45) is 3.10. The Morgan fingerprint density at radius 1 is 1.30 bits per heavy atom. The Hall–Kier alpha value is -2.25. The van der Waals surface area contributed by atoms with Crippen molar-refractivity contribution in [2.24, 2.45) is 0 Å². The minimum atomic E-state index is -0.0600. The van der Waals surface area contributed by atoms with Gasteiger partial charge in [0.2, 0.25) is 0 Å². The van der Waals surface area contributed by atoms with Gasteiger partial charge in [-0.3, -0.25) is 9.69 Å². The first-order valence-corrected chi connectivity index (χ1v) is 7.79. The molecule has 1 N–H and O–H groups in total. The van der Waals surface area contributed by atoms with Crippen molar-refractivity contribution >= 4 is 5.91 Å². The molecule has 1 aromatic heterocycles. The third kappa shape index (κ3) is 3.94. The third-order valence-electron chi connectivity index (χ3n) is 4.04. The van der Waals surface area contributed by atoms with Crippen LogP contribution in [0.5, 0.6) is 0 Å². The Morgan fingerprint density at radius 2 is 2.04 bits per heavy atom. The van der Waals surface area contributed by atoms with Crippen molar-refractivity contribution in [3.63, 3.8) is 0 Å². The van der Waals surface area contributed by atoms with Gasteiger partial charge in [-0.2, -0.15) is 5.10 Å². The highest BCUT2D eigenvalue weighted by Crippen LogP contribution is 2.08. The van der Waals surface area contributed by atoms with E-state index >= 15 is 0 Å². The van der Waals surface area contributed by atoms with Crippen LogP contribution in [0.25, 0.3) is 5.69 Å². The summed E-state index contributed by atoms with van der Waals surface area (Å²) >= 11 is 0. The zero-order chi connectivity index (χ0) is 16.1. The molecule has 1 amide bonds. The van der Waals surface area contributed by atoms with Gasteiger partial charge in [0.15, 0.2) is 0 Å². The zero-order valence-electron chi connectivity index (χ0n) is 13.2. The molecule has 0 saturated carbocycles. The maximum absolute atomic E-state index is 12.2. The van der Waals surface area contributed by atoms with Crippen LogP contribution in [0.4, 0.5) is 0 Å². The first kappa shape index (κ1) is 15.6. The van der Waals surface area contributed by atoms with Crippen molar-refractivity contribution in [1.29, 1.82) is 0 Å². The Balaban J connectivity index is 1.53. The lowest BCUT2D eigenvalue weighted by Gasteiger charge is -2.32. The topological polar surface area (TPSA) is 72.3 Å². The summed E-state index contributed by atoms with van der Waals surface area (Å²) in [6, 6.07) is 7.61. The molecule has 2 aromatic rings. The summed E-state index contributed by atoms with van der Waals surface area (Å²) < 4.78 is 7.00. The van der Waals surface area contributed by atoms with Crippen LogP contribution < -0.4 is 5.32 Å². The van der Waals surface area contributed by atoms with Gasteiger partial charge < -0.3 is 10.1 Å². The number of hydrogen-bond acceptors (Lipinski definition) is 5. The number of carbonyl (C=O) groups excluding carboxylic acids is 1. The average molecular weight is 315 g/mol. The molecule has 7 heteroatoms. The molecule has 1 atom stereocenters. The number of morpholine rings is 1. The number of benzene rings is 1. The van der Waals surface area contributed by atoms with Gasteiger partial charge in [0.1, 0.15) is 12.7 Å². The zero-order valence-corrected chi connectivity index (χ0v) is 13.2. The Labute approximate surface area is 135 Å². The first-order valence-electron chi connectivity index (χ1n) is 7.79. The van der Waals surface area contributed by atoms with Crippen molar-refractivity contribution in [1.82, 2.24) is 25.0 Å². The first-order chi connectivity index (χ1) is 11.2. The van der Waals surface area contributed by atoms with Crippen LogP contribution in [-0.2, 0) is 4.74 Å². The minimum absolute atomic E-state index is 0.0600. The van der Waals surface area contributed by atoms with Crippen LogP contribution in [0.15, 0.2) is 36.9 Å². The maximum Gasteiger partial charge on any atom is 0.251 e.